The van der Waals surface area contributed by atoms with Gasteiger partial charge in [0.2, 0.25) is 11.9 Å². The first kappa shape index (κ1) is 21.6. The number of aliphatic hydroxyl groups is 1. The molecule has 0 radical (unpaired) electrons. The molecule has 1 aliphatic heterocycles. The highest BCUT2D eigenvalue weighted by molar-refractivity contribution is 5.96. The summed E-state index contributed by atoms with van der Waals surface area (Å²) in [6.45, 7) is 2.55. The van der Waals surface area contributed by atoms with Gasteiger partial charge in [0.05, 0.1) is 44.2 Å². The molecular formula is C23H26N4O5. The van der Waals surface area contributed by atoms with E-state index >= 15 is 0 Å². The van der Waals surface area contributed by atoms with E-state index < -0.39 is 6.10 Å². The number of methoxy groups -OCH3 is 2. The topological polar surface area (TPSA) is 108 Å². The van der Waals surface area contributed by atoms with Crippen LogP contribution < -0.4 is 24.8 Å². The van der Waals surface area contributed by atoms with Crippen molar-refractivity contribution in [3.63, 3.8) is 0 Å². The smallest absolute Gasteiger partial charge is 0.282 e. The normalized spacial score (nSPS) is 16.0. The van der Waals surface area contributed by atoms with Gasteiger partial charge in [0.15, 0.2) is 11.5 Å². The van der Waals surface area contributed by atoms with Crippen molar-refractivity contribution in [3.05, 3.63) is 51.8 Å². The van der Waals surface area contributed by atoms with Crippen molar-refractivity contribution in [2.24, 2.45) is 0 Å². The van der Waals surface area contributed by atoms with Crippen LogP contribution in [0, 0.1) is 6.92 Å². The van der Waals surface area contributed by atoms with Gasteiger partial charge in [-0.3, -0.25) is 9.59 Å². The zero-order chi connectivity index (χ0) is 23.0. The zero-order valence-electron chi connectivity index (χ0n) is 18.5. The molecule has 1 aromatic heterocycles. The number of β-amino-alcohol motifs (C(OH)–C–C–N with tert-alkyl or cyclic N) is 1. The quantitative estimate of drug-likeness (QED) is 0.606. The maximum Gasteiger partial charge on any atom is 0.282 e. The van der Waals surface area contributed by atoms with Crippen molar-refractivity contribution >= 4 is 28.4 Å². The number of aryl methyl sites for hydroxylation is 1. The van der Waals surface area contributed by atoms with Crippen molar-refractivity contribution in [1.29, 1.82) is 0 Å². The summed E-state index contributed by atoms with van der Waals surface area (Å²) in [6, 6.07) is 9.29. The fourth-order valence-corrected chi connectivity index (χ4v) is 4.14. The van der Waals surface area contributed by atoms with Crippen LogP contribution in [0.3, 0.4) is 0 Å². The van der Waals surface area contributed by atoms with Crippen LogP contribution in [0.25, 0.3) is 10.9 Å². The van der Waals surface area contributed by atoms with E-state index in [1.54, 1.807) is 25.0 Å². The number of fused-ring (bicyclic) bond motifs is 1. The number of benzene rings is 2. The molecule has 168 valence electrons. The number of aromatic nitrogens is 2. The van der Waals surface area contributed by atoms with Crippen LogP contribution in [-0.4, -0.2) is 54.9 Å². The lowest BCUT2D eigenvalue weighted by atomic mass is 10.1. The van der Waals surface area contributed by atoms with E-state index in [9.17, 15) is 14.7 Å². The lowest BCUT2D eigenvalue weighted by Gasteiger charge is -2.21. The third-order valence-electron chi connectivity index (χ3n) is 5.68. The minimum absolute atomic E-state index is 0.0942. The highest BCUT2D eigenvalue weighted by Crippen LogP contribution is 2.35. The summed E-state index contributed by atoms with van der Waals surface area (Å²) in [4.78, 5) is 35.8. The monoisotopic (exact) mass is 438 g/mol. The van der Waals surface area contributed by atoms with Gasteiger partial charge < -0.3 is 29.4 Å². The van der Waals surface area contributed by atoms with Crippen LogP contribution in [0.4, 0.5) is 11.6 Å². The van der Waals surface area contributed by atoms with Gasteiger partial charge in [-0.1, -0.05) is 12.1 Å². The molecule has 1 fully saturated rings. The molecule has 9 nitrogen and oxygen atoms in total. The van der Waals surface area contributed by atoms with E-state index in [1.807, 2.05) is 36.2 Å². The van der Waals surface area contributed by atoms with Crippen molar-refractivity contribution in [2.45, 2.75) is 26.0 Å². The number of carbonyl (C=O) groups is 1. The molecule has 1 amide bonds. The van der Waals surface area contributed by atoms with Crippen molar-refractivity contribution < 1.29 is 19.4 Å². The molecule has 0 aliphatic carbocycles. The lowest BCUT2D eigenvalue weighted by molar-refractivity contribution is -0.117. The van der Waals surface area contributed by atoms with Crippen molar-refractivity contribution in [2.75, 3.05) is 37.6 Å². The summed E-state index contributed by atoms with van der Waals surface area (Å²) in [6.07, 6.45) is -0.500. The van der Waals surface area contributed by atoms with Crippen LogP contribution in [0.5, 0.6) is 11.5 Å². The number of ether oxygens (including phenoxy) is 2. The van der Waals surface area contributed by atoms with Crippen molar-refractivity contribution in [3.8, 4) is 11.5 Å². The molecule has 0 saturated carbocycles. The van der Waals surface area contributed by atoms with Crippen LogP contribution in [0.15, 0.2) is 35.1 Å². The van der Waals surface area contributed by atoms with Gasteiger partial charge in [-0.15, -0.1) is 0 Å². The average Bonchev–Trinajstić information content (AvgIpc) is 3.11. The molecule has 3 aromatic rings. The summed E-state index contributed by atoms with van der Waals surface area (Å²) in [5.41, 5.74) is 2.59. The lowest BCUT2D eigenvalue weighted by Crippen LogP contribution is -2.26. The van der Waals surface area contributed by atoms with Crippen LogP contribution >= 0.6 is 0 Å². The molecule has 1 saturated heterocycles. The van der Waals surface area contributed by atoms with Crippen molar-refractivity contribution in [1.82, 2.24) is 9.97 Å². The van der Waals surface area contributed by atoms with Gasteiger partial charge >= 0.3 is 0 Å². The molecule has 32 heavy (non-hydrogen) atoms. The minimum atomic E-state index is -0.639. The number of H-pyrrole nitrogens is 1. The van der Waals surface area contributed by atoms with Crippen LogP contribution in [-0.2, 0) is 11.3 Å². The Morgan fingerprint density at radius 3 is 2.69 bits per heavy atom. The Morgan fingerprint density at radius 1 is 1.25 bits per heavy atom. The first-order chi connectivity index (χ1) is 15.3. The summed E-state index contributed by atoms with van der Waals surface area (Å²) < 4.78 is 10.8. The van der Waals surface area contributed by atoms with Gasteiger partial charge in [0, 0.05) is 30.9 Å². The van der Waals surface area contributed by atoms with E-state index in [0.717, 1.165) is 11.3 Å². The fraction of sp³-hybridized carbons (Fsp3) is 0.348. The number of hydrogen-bond acceptors (Lipinski definition) is 7. The maximum absolute atomic E-state index is 12.8. The molecule has 2 N–H and O–H groups in total. The second kappa shape index (κ2) is 8.51. The van der Waals surface area contributed by atoms with E-state index in [1.165, 1.54) is 7.11 Å². The summed E-state index contributed by atoms with van der Waals surface area (Å²) in [5, 5.41) is 10.2. The average molecular weight is 438 g/mol. The molecule has 2 heterocycles. The van der Waals surface area contributed by atoms with Gasteiger partial charge in [0.1, 0.15) is 0 Å². The summed E-state index contributed by atoms with van der Waals surface area (Å²) in [5.74, 6) is 1.35. The van der Waals surface area contributed by atoms with E-state index in [4.69, 9.17) is 9.47 Å². The number of anilines is 2. The molecular weight excluding hydrogens is 412 g/mol. The Bertz CT molecular complexity index is 1240. The van der Waals surface area contributed by atoms with Gasteiger partial charge in [-0.05, 0) is 24.6 Å². The van der Waals surface area contributed by atoms with Gasteiger partial charge in [-0.25, -0.2) is 0 Å². The number of rotatable bonds is 6. The van der Waals surface area contributed by atoms with E-state index in [0.29, 0.717) is 47.0 Å². The number of aromatic amines is 1. The standard InChI is InChI=1S/C23H26N4O5/c1-13-20-17(10-18(31-3)21(13)32-4)24-23(25-22(20)30)26(2)11-14-6-5-7-15(8-14)27-12-16(28)9-19(27)29/h5-8,10,16,28H,9,11-12H2,1-4H3,(H,24,25,30)/t16-/m0/s1. The molecule has 1 atom stereocenters. The third-order valence-corrected chi connectivity index (χ3v) is 5.68. The van der Waals surface area contributed by atoms with E-state index in [2.05, 4.69) is 9.97 Å². The van der Waals surface area contributed by atoms with Crippen LogP contribution in [0.1, 0.15) is 17.5 Å². The maximum atomic E-state index is 12.8. The number of nitrogens with one attached hydrogen (secondary N) is 1. The Labute approximate surface area is 185 Å². The third kappa shape index (κ3) is 3.87. The van der Waals surface area contributed by atoms with Gasteiger partial charge in [0.25, 0.3) is 5.56 Å². The number of hydrogen-bond donors (Lipinski definition) is 2. The predicted molar refractivity (Wildman–Crippen MR) is 122 cm³/mol. The highest BCUT2D eigenvalue weighted by atomic mass is 16.5. The molecule has 0 bridgehead atoms. The first-order valence-corrected chi connectivity index (χ1v) is 10.3. The summed E-state index contributed by atoms with van der Waals surface area (Å²) in [7, 11) is 4.91. The number of aliphatic hydroxyl groups excluding tert-OH is 1. The Balaban J connectivity index is 1.65. The van der Waals surface area contributed by atoms with Gasteiger partial charge in [-0.2, -0.15) is 4.98 Å². The molecule has 9 heteroatoms. The Morgan fingerprint density at radius 2 is 2.03 bits per heavy atom. The molecule has 1 aliphatic rings. The number of carbonyl (C=O) groups excluding carboxylic acids is 1. The molecule has 4 rings (SSSR count). The molecule has 0 spiro atoms. The molecule has 2 aromatic carbocycles. The predicted octanol–water partition coefficient (Wildman–Crippen LogP) is 1.98. The number of nitrogens with zero attached hydrogens (tertiary/aromatic N) is 3. The fourth-order valence-electron chi connectivity index (χ4n) is 4.14. The SMILES string of the molecule is COc1cc2[nH]c(N(C)Cc3cccc(N4C[C@@H](O)CC4=O)c3)nc(=O)c2c(C)c1OC. The number of amides is 1. The minimum Gasteiger partial charge on any atom is -0.493 e. The first-order valence-electron chi connectivity index (χ1n) is 10.3. The second-order valence-electron chi connectivity index (χ2n) is 7.91. The Hall–Kier alpha value is -3.59. The summed E-state index contributed by atoms with van der Waals surface area (Å²) >= 11 is 0. The van der Waals surface area contributed by atoms with E-state index in [-0.39, 0.29) is 17.9 Å². The Kier molecular flexibility index (Phi) is 5.75. The highest BCUT2D eigenvalue weighted by Gasteiger charge is 2.29. The zero-order valence-corrected chi connectivity index (χ0v) is 18.5. The largest absolute Gasteiger partial charge is 0.493 e. The molecule has 0 unspecified atom stereocenters. The second-order valence-corrected chi connectivity index (χ2v) is 7.91. The van der Waals surface area contributed by atoms with Crippen LogP contribution in [0.2, 0.25) is 0 Å².